The summed E-state index contributed by atoms with van der Waals surface area (Å²) in [7, 11) is 0. The molecule has 0 aliphatic heterocycles. The minimum atomic E-state index is -0.396. The summed E-state index contributed by atoms with van der Waals surface area (Å²) in [5.74, 6) is -0.277. The molecule has 2 heterocycles. The van der Waals surface area contributed by atoms with Crippen molar-refractivity contribution in [2.75, 3.05) is 5.32 Å². The third-order valence-corrected chi connectivity index (χ3v) is 5.39. The molecule has 4 rings (SSSR count). The molecular formula is C23H20ClFN4O2. The summed E-state index contributed by atoms with van der Waals surface area (Å²) < 4.78 is 20.4. The van der Waals surface area contributed by atoms with Crippen LogP contribution in [0.5, 0.6) is 0 Å². The number of nitrogens with one attached hydrogen (secondary N) is 1. The monoisotopic (exact) mass is 438 g/mol. The van der Waals surface area contributed by atoms with Gasteiger partial charge < -0.3 is 9.84 Å². The van der Waals surface area contributed by atoms with Gasteiger partial charge in [-0.25, -0.2) is 4.39 Å². The number of aryl methyl sites for hydroxylation is 2. The van der Waals surface area contributed by atoms with Crippen molar-refractivity contribution in [1.29, 1.82) is 0 Å². The molecule has 1 N–H and O–H groups in total. The number of aromatic nitrogens is 3. The minimum absolute atomic E-state index is 0.170. The van der Waals surface area contributed by atoms with Crippen molar-refractivity contribution in [3.8, 4) is 11.3 Å². The molecule has 0 fully saturated rings. The Bertz CT molecular complexity index is 1260. The average Bonchev–Trinajstić information content (AvgIpc) is 3.32. The number of halogens is 2. The molecule has 4 aromatic rings. The van der Waals surface area contributed by atoms with E-state index in [9.17, 15) is 9.18 Å². The van der Waals surface area contributed by atoms with Gasteiger partial charge in [0.1, 0.15) is 5.82 Å². The number of nitrogens with zero attached hydrogens (tertiary/aromatic N) is 3. The third kappa shape index (κ3) is 4.36. The lowest BCUT2D eigenvalue weighted by Gasteiger charge is -2.08. The topological polar surface area (TPSA) is 73.0 Å². The summed E-state index contributed by atoms with van der Waals surface area (Å²) in [6, 6.07) is 13.6. The number of anilines is 1. The van der Waals surface area contributed by atoms with E-state index in [2.05, 4.69) is 15.6 Å². The van der Waals surface area contributed by atoms with Crippen LogP contribution in [0, 0.1) is 26.6 Å². The summed E-state index contributed by atoms with van der Waals surface area (Å²) in [5.41, 5.74) is 4.84. The summed E-state index contributed by atoms with van der Waals surface area (Å²) in [6.45, 7) is 5.99. The zero-order valence-corrected chi connectivity index (χ0v) is 18.0. The molecule has 0 saturated carbocycles. The van der Waals surface area contributed by atoms with Gasteiger partial charge in [-0.3, -0.25) is 9.48 Å². The number of hydrogen-bond donors (Lipinski definition) is 1. The smallest absolute Gasteiger partial charge is 0.277 e. The van der Waals surface area contributed by atoms with Crippen molar-refractivity contribution in [1.82, 2.24) is 14.9 Å². The molecule has 158 valence electrons. The standard InChI is InChI=1S/C23H20ClFN4O2/c1-13-4-6-16(7-5-13)21-11-20(28-31-21)23(30)26-22-14(2)27-29(15(22)3)12-17-8-9-18(25)10-19(17)24/h4-11H,12H2,1-3H3,(H,26,30). The normalized spacial score (nSPS) is 11.0. The van der Waals surface area contributed by atoms with E-state index in [-0.39, 0.29) is 5.69 Å². The van der Waals surface area contributed by atoms with Gasteiger partial charge in [-0.15, -0.1) is 0 Å². The Morgan fingerprint density at radius 2 is 1.87 bits per heavy atom. The molecule has 0 bridgehead atoms. The van der Waals surface area contributed by atoms with Gasteiger partial charge in [0.25, 0.3) is 5.91 Å². The van der Waals surface area contributed by atoms with Gasteiger partial charge in [-0.05, 0) is 38.5 Å². The highest BCUT2D eigenvalue weighted by atomic mass is 35.5. The maximum atomic E-state index is 13.3. The van der Waals surface area contributed by atoms with E-state index in [1.165, 1.54) is 12.1 Å². The Kier molecular flexibility index (Phi) is 5.61. The van der Waals surface area contributed by atoms with E-state index in [0.29, 0.717) is 28.7 Å². The molecule has 2 aromatic carbocycles. The van der Waals surface area contributed by atoms with Gasteiger partial charge in [0.15, 0.2) is 11.5 Å². The molecule has 0 atom stereocenters. The molecule has 8 heteroatoms. The van der Waals surface area contributed by atoms with E-state index < -0.39 is 11.7 Å². The van der Waals surface area contributed by atoms with E-state index in [4.69, 9.17) is 16.1 Å². The first-order valence-electron chi connectivity index (χ1n) is 9.65. The number of carbonyl (C=O) groups excluding carboxylic acids is 1. The molecule has 0 radical (unpaired) electrons. The molecule has 0 saturated heterocycles. The Hall–Kier alpha value is -3.45. The minimum Gasteiger partial charge on any atom is -0.355 e. The van der Waals surface area contributed by atoms with Crippen LogP contribution in [0.1, 0.15) is 33.0 Å². The van der Waals surface area contributed by atoms with E-state index in [0.717, 1.165) is 22.4 Å². The maximum Gasteiger partial charge on any atom is 0.277 e. The van der Waals surface area contributed by atoms with Gasteiger partial charge in [0.05, 0.1) is 23.6 Å². The van der Waals surface area contributed by atoms with E-state index >= 15 is 0 Å². The summed E-state index contributed by atoms with van der Waals surface area (Å²) in [5, 5.41) is 11.6. The lowest BCUT2D eigenvalue weighted by atomic mass is 10.1. The predicted octanol–water partition coefficient (Wildman–Crippen LogP) is 5.56. The van der Waals surface area contributed by atoms with Gasteiger partial charge in [0.2, 0.25) is 0 Å². The van der Waals surface area contributed by atoms with Gasteiger partial charge in [-0.2, -0.15) is 5.10 Å². The predicted molar refractivity (Wildman–Crippen MR) is 117 cm³/mol. The Labute approximate surface area is 183 Å². The summed E-state index contributed by atoms with van der Waals surface area (Å²) >= 11 is 6.13. The summed E-state index contributed by atoms with van der Waals surface area (Å²) in [4.78, 5) is 12.7. The van der Waals surface area contributed by atoms with Crippen molar-refractivity contribution in [3.05, 3.63) is 87.6 Å². The van der Waals surface area contributed by atoms with Crippen LogP contribution >= 0.6 is 11.6 Å². The second kappa shape index (κ2) is 8.35. The lowest BCUT2D eigenvalue weighted by Crippen LogP contribution is -2.13. The third-order valence-electron chi connectivity index (χ3n) is 5.03. The average molecular weight is 439 g/mol. The largest absolute Gasteiger partial charge is 0.355 e. The molecular weight excluding hydrogens is 419 g/mol. The van der Waals surface area contributed by atoms with Crippen molar-refractivity contribution >= 4 is 23.2 Å². The maximum absolute atomic E-state index is 13.3. The fraction of sp³-hybridized carbons (Fsp3) is 0.174. The van der Waals surface area contributed by atoms with Crippen LogP contribution < -0.4 is 5.32 Å². The second-order valence-corrected chi connectivity index (χ2v) is 7.74. The molecule has 0 aliphatic rings. The van der Waals surface area contributed by atoms with Gasteiger partial charge >= 0.3 is 0 Å². The fourth-order valence-corrected chi connectivity index (χ4v) is 3.48. The van der Waals surface area contributed by atoms with Crippen molar-refractivity contribution in [2.24, 2.45) is 0 Å². The fourth-order valence-electron chi connectivity index (χ4n) is 3.26. The van der Waals surface area contributed by atoms with Gasteiger partial charge in [0, 0.05) is 16.7 Å². The van der Waals surface area contributed by atoms with Crippen LogP contribution in [0.15, 0.2) is 53.1 Å². The van der Waals surface area contributed by atoms with Crippen molar-refractivity contribution in [3.63, 3.8) is 0 Å². The molecule has 0 aliphatic carbocycles. The summed E-state index contributed by atoms with van der Waals surface area (Å²) in [6.07, 6.45) is 0. The first-order chi connectivity index (χ1) is 14.8. The van der Waals surface area contributed by atoms with Crippen LogP contribution in [-0.2, 0) is 6.54 Å². The van der Waals surface area contributed by atoms with Crippen LogP contribution in [0.2, 0.25) is 5.02 Å². The van der Waals surface area contributed by atoms with Crippen molar-refractivity contribution < 1.29 is 13.7 Å². The van der Waals surface area contributed by atoms with Crippen LogP contribution in [0.3, 0.4) is 0 Å². The number of carbonyl (C=O) groups is 1. The van der Waals surface area contributed by atoms with E-state index in [1.807, 2.05) is 38.1 Å². The zero-order chi connectivity index (χ0) is 22.1. The van der Waals surface area contributed by atoms with Crippen LogP contribution in [0.4, 0.5) is 10.1 Å². The van der Waals surface area contributed by atoms with Crippen molar-refractivity contribution in [2.45, 2.75) is 27.3 Å². The molecule has 0 spiro atoms. The first-order valence-corrected chi connectivity index (χ1v) is 10.0. The number of benzene rings is 2. The molecule has 1 amide bonds. The zero-order valence-electron chi connectivity index (χ0n) is 17.2. The Balaban J connectivity index is 1.53. The molecule has 0 unspecified atom stereocenters. The number of hydrogen-bond acceptors (Lipinski definition) is 4. The second-order valence-electron chi connectivity index (χ2n) is 7.34. The quantitative estimate of drug-likeness (QED) is 0.443. The number of rotatable bonds is 5. The Morgan fingerprint density at radius 1 is 1.13 bits per heavy atom. The highest BCUT2D eigenvalue weighted by Gasteiger charge is 2.19. The lowest BCUT2D eigenvalue weighted by molar-refractivity contribution is 0.101. The highest BCUT2D eigenvalue weighted by Crippen LogP contribution is 2.25. The van der Waals surface area contributed by atoms with Crippen LogP contribution in [-0.4, -0.2) is 20.8 Å². The van der Waals surface area contributed by atoms with Crippen LogP contribution in [0.25, 0.3) is 11.3 Å². The molecule has 6 nitrogen and oxygen atoms in total. The first kappa shape index (κ1) is 20.8. The highest BCUT2D eigenvalue weighted by molar-refractivity contribution is 6.31. The SMILES string of the molecule is Cc1ccc(-c2cc(C(=O)Nc3c(C)nn(Cc4ccc(F)cc4Cl)c3C)no2)cc1. The molecule has 2 aromatic heterocycles. The van der Waals surface area contributed by atoms with E-state index in [1.54, 1.807) is 23.7 Å². The van der Waals surface area contributed by atoms with Gasteiger partial charge in [-0.1, -0.05) is 52.7 Å². The number of amides is 1. The molecule has 31 heavy (non-hydrogen) atoms. The Morgan fingerprint density at radius 3 is 2.58 bits per heavy atom.